The van der Waals surface area contributed by atoms with Crippen molar-refractivity contribution in [2.45, 2.75) is 19.0 Å². The molecule has 4 rings (SSSR count). The van der Waals surface area contributed by atoms with Gasteiger partial charge in [-0.2, -0.15) is 5.10 Å². The first kappa shape index (κ1) is 19.8. The van der Waals surface area contributed by atoms with Crippen LogP contribution in [0.1, 0.15) is 34.6 Å². The third kappa shape index (κ3) is 3.97. The van der Waals surface area contributed by atoms with Crippen LogP contribution >= 0.6 is 0 Å². The Labute approximate surface area is 175 Å². The lowest BCUT2D eigenvalue weighted by Gasteiger charge is -2.48. The van der Waals surface area contributed by atoms with Crippen LogP contribution in [0.25, 0.3) is 0 Å². The van der Waals surface area contributed by atoms with Gasteiger partial charge in [-0.05, 0) is 11.1 Å². The molecule has 1 fully saturated rings. The van der Waals surface area contributed by atoms with E-state index in [0.29, 0.717) is 11.4 Å². The van der Waals surface area contributed by atoms with Crippen LogP contribution in [0.5, 0.6) is 0 Å². The van der Waals surface area contributed by atoms with Gasteiger partial charge in [-0.15, -0.1) is 0 Å². The summed E-state index contributed by atoms with van der Waals surface area (Å²) in [5.74, 6) is -0.423. The summed E-state index contributed by atoms with van der Waals surface area (Å²) in [5.41, 5.74) is 3.17. The van der Waals surface area contributed by atoms with E-state index < -0.39 is 0 Å². The molecule has 1 aliphatic heterocycles. The number of hydrogen-bond acceptors (Lipinski definition) is 4. The number of hydrogen-bond donors (Lipinski definition) is 2. The standard InChI is InChI=1S/C23H25N5O2/c1-16(29)25-20-13-24-26-21(20)23(30)27(2)19-14-28(15-19)22(17-9-5-3-6-10-17)18-11-7-4-8-12-18/h3-13,19,22H,14-15H2,1-2H3,(H,24,26)(H,25,29). The SMILES string of the molecule is CC(=O)Nc1cn[nH]c1C(=O)N(C)C1CN(C(c2ccccc2)c2ccccc2)C1. The van der Waals surface area contributed by atoms with Gasteiger partial charge in [0.25, 0.3) is 5.91 Å². The van der Waals surface area contributed by atoms with E-state index in [0.717, 1.165) is 13.1 Å². The lowest BCUT2D eigenvalue weighted by Crippen LogP contribution is -2.60. The molecule has 2 N–H and O–H groups in total. The van der Waals surface area contributed by atoms with Gasteiger partial charge in [0.1, 0.15) is 5.69 Å². The van der Waals surface area contributed by atoms with Crippen molar-refractivity contribution in [3.63, 3.8) is 0 Å². The van der Waals surface area contributed by atoms with Crippen molar-refractivity contribution in [2.75, 3.05) is 25.5 Å². The van der Waals surface area contributed by atoms with Crippen LogP contribution in [0, 0.1) is 0 Å². The molecule has 0 atom stereocenters. The molecule has 154 valence electrons. The van der Waals surface area contributed by atoms with Crippen molar-refractivity contribution in [3.05, 3.63) is 83.7 Å². The molecule has 1 aliphatic rings. The number of likely N-dealkylation sites (N-methyl/N-ethyl adjacent to an activating group) is 1. The molecule has 7 heteroatoms. The largest absolute Gasteiger partial charge is 0.335 e. The Kier molecular flexibility index (Phi) is 5.63. The van der Waals surface area contributed by atoms with Gasteiger partial charge >= 0.3 is 0 Å². The minimum Gasteiger partial charge on any atom is -0.335 e. The highest BCUT2D eigenvalue weighted by Gasteiger charge is 2.38. The Morgan fingerprint density at radius 3 is 2.17 bits per heavy atom. The van der Waals surface area contributed by atoms with Crippen LogP contribution in [0.3, 0.4) is 0 Å². The predicted molar refractivity (Wildman–Crippen MR) is 115 cm³/mol. The smallest absolute Gasteiger partial charge is 0.274 e. The normalized spacial score (nSPS) is 14.4. The van der Waals surface area contributed by atoms with E-state index in [2.05, 4.69) is 68.9 Å². The third-order valence-corrected chi connectivity index (χ3v) is 5.52. The summed E-state index contributed by atoms with van der Waals surface area (Å²) >= 11 is 0. The molecule has 2 amide bonds. The molecule has 0 saturated carbocycles. The van der Waals surface area contributed by atoms with Crippen LogP contribution in [-0.2, 0) is 4.79 Å². The van der Waals surface area contributed by atoms with Crippen LogP contribution in [0.2, 0.25) is 0 Å². The minimum absolute atomic E-state index is 0.0842. The lowest BCUT2D eigenvalue weighted by molar-refractivity contribution is -0.114. The zero-order valence-corrected chi connectivity index (χ0v) is 17.1. The molecule has 3 aromatic rings. The minimum atomic E-state index is -0.239. The number of carbonyl (C=O) groups is 2. The van der Waals surface area contributed by atoms with Gasteiger partial charge in [0.2, 0.25) is 5.91 Å². The van der Waals surface area contributed by atoms with Crippen molar-refractivity contribution in [2.24, 2.45) is 0 Å². The molecule has 0 radical (unpaired) electrons. The summed E-state index contributed by atoms with van der Waals surface area (Å²) in [7, 11) is 1.79. The molecule has 7 nitrogen and oxygen atoms in total. The van der Waals surface area contributed by atoms with Gasteiger partial charge in [0.05, 0.1) is 24.0 Å². The number of amides is 2. The molecule has 0 aliphatic carbocycles. The molecule has 2 heterocycles. The summed E-state index contributed by atoms with van der Waals surface area (Å²) < 4.78 is 0. The maximum Gasteiger partial charge on any atom is 0.274 e. The number of aromatic amines is 1. The van der Waals surface area contributed by atoms with Crippen LogP contribution in [0.4, 0.5) is 5.69 Å². The summed E-state index contributed by atoms with van der Waals surface area (Å²) in [6.45, 7) is 2.93. The summed E-state index contributed by atoms with van der Waals surface area (Å²) in [5, 5.41) is 9.26. The van der Waals surface area contributed by atoms with Crippen LogP contribution in [0.15, 0.2) is 66.9 Å². The predicted octanol–water partition coefficient (Wildman–Crippen LogP) is 2.91. The van der Waals surface area contributed by atoms with Crippen molar-refractivity contribution in [3.8, 4) is 0 Å². The van der Waals surface area contributed by atoms with Gasteiger partial charge in [-0.3, -0.25) is 19.6 Å². The Balaban J connectivity index is 1.48. The first-order valence-electron chi connectivity index (χ1n) is 9.96. The van der Waals surface area contributed by atoms with E-state index in [4.69, 9.17) is 0 Å². The van der Waals surface area contributed by atoms with Gasteiger partial charge in [-0.25, -0.2) is 0 Å². The molecule has 30 heavy (non-hydrogen) atoms. The average Bonchev–Trinajstić information content (AvgIpc) is 3.18. The monoisotopic (exact) mass is 403 g/mol. The quantitative estimate of drug-likeness (QED) is 0.663. The maximum absolute atomic E-state index is 12.9. The second kappa shape index (κ2) is 8.51. The van der Waals surface area contributed by atoms with Gasteiger partial charge in [-0.1, -0.05) is 60.7 Å². The molecular formula is C23H25N5O2. The summed E-state index contributed by atoms with van der Waals surface area (Å²) in [4.78, 5) is 28.4. The Bertz CT molecular complexity index is 973. The fourth-order valence-electron chi connectivity index (χ4n) is 3.90. The van der Waals surface area contributed by atoms with E-state index in [1.54, 1.807) is 11.9 Å². The fourth-order valence-corrected chi connectivity index (χ4v) is 3.90. The van der Waals surface area contributed by atoms with Crippen LogP contribution < -0.4 is 5.32 Å². The number of rotatable bonds is 6. The molecular weight excluding hydrogens is 378 g/mol. The topological polar surface area (TPSA) is 81.3 Å². The van der Waals surface area contributed by atoms with Crippen LogP contribution in [-0.4, -0.2) is 58.0 Å². The van der Waals surface area contributed by atoms with Gasteiger partial charge in [0.15, 0.2) is 0 Å². The van der Waals surface area contributed by atoms with E-state index in [1.165, 1.54) is 24.2 Å². The van der Waals surface area contributed by atoms with E-state index >= 15 is 0 Å². The third-order valence-electron chi connectivity index (χ3n) is 5.52. The Morgan fingerprint density at radius 1 is 1.07 bits per heavy atom. The lowest BCUT2D eigenvalue weighted by atomic mass is 9.92. The number of nitrogens with zero attached hydrogens (tertiary/aromatic N) is 3. The molecule has 2 aromatic carbocycles. The van der Waals surface area contributed by atoms with E-state index in [9.17, 15) is 9.59 Å². The van der Waals surface area contributed by atoms with Crippen molar-refractivity contribution in [1.29, 1.82) is 0 Å². The first-order chi connectivity index (χ1) is 14.5. The highest BCUT2D eigenvalue weighted by atomic mass is 16.2. The van der Waals surface area contributed by atoms with Gasteiger partial charge in [0, 0.05) is 27.1 Å². The fraction of sp³-hybridized carbons (Fsp3) is 0.261. The van der Waals surface area contributed by atoms with Crippen molar-refractivity contribution in [1.82, 2.24) is 20.0 Å². The van der Waals surface area contributed by atoms with Crippen molar-refractivity contribution >= 4 is 17.5 Å². The van der Waals surface area contributed by atoms with E-state index in [1.807, 2.05) is 12.1 Å². The highest BCUT2D eigenvalue weighted by molar-refractivity contribution is 6.01. The van der Waals surface area contributed by atoms with Crippen molar-refractivity contribution < 1.29 is 9.59 Å². The zero-order chi connectivity index (χ0) is 21.1. The number of aromatic nitrogens is 2. The molecule has 0 spiro atoms. The van der Waals surface area contributed by atoms with E-state index in [-0.39, 0.29) is 23.9 Å². The number of benzene rings is 2. The number of H-pyrrole nitrogens is 1. The Hall–Kier alpha value is -3.45. The number of anilines is 1. The second-order valence-electron chi connectivity index (χ2n) is 7.59. The maximum atomic E-state index is 12.9. The zero-order valence-electron chi connectivity index (χ0n) is 17.1. The molecule has 1 saturated heterocycles. The first-order valence-corrected chi connectivity index (χ1v) is 9.96. The molecule has 1 aromatic heterocycles. The number of nitrogens with one attached hydrogen (secondary N) is 2. The number of carbonyl (C=O) groups excluding carboxylic acids is 2. The molecule has 0 unspecified atom stereocenters. The second-order valence-corrected chi connectivity index (χ2v) is 7.59. The molecule has 0 bridgehead atoms. The average molecular weight is 403 g/mol. The summed E-state index contributed by atoms with van der Waals surface area (Å²) in [6, 6.07) is 21.1. The highest BCUT2D eigenvalue weighted by Crippen LogP contribution is 2.33. The van der Waals surface area contributed by atoms with Gasteiger partial charge < -0.3 is 10.2 Å². The number of likely N-dealkylation sites (tertiary alicyclic amines) is 1. The Morgan fingerprint density at radius 2 is 1.63 bits per heavy atom. The summed E-state index contributed by atoms with van der Waals surface area (Å²) in [6.07, 6.45) is 1.45.